The molecule has 1 saturated heterocycles. The summed E-state index contributed by atoms with van der Waals surface area (Å²) in [6.07, 6.45) is 3.45. The van der Waals surface area contributed by atoms with Crippen LogP contribution in [-0.4, -0.2) is 51.2 Å². The highest BCUT2D eigenvalue weighted by atomic mass is 16.5. The Morgan fingerprint density at radius 1 is 0.771 bits per heavy atom. The van der Waals surface area contributed by atoms with E-state index >= 15 is 0 Å². The number of carbonyl (C=O) groups excluding carboxylic acids is 2. The molecule has 2 heterocycles. The second-order valence-electron chi connectivity index (χ2n) is 8.19. The van der Waals surface area contributed by atoms with E-state index in [9.17, 15) is 9.59 Å². The number of nitrogens with one attached hydrogen (secondary N) is 3. The molecule has 186 valence electrons. The van der Waals surface area contributed by atoms with Crippen LogP contribution in [0.15, 0.2) is 65.3 Å². The first-order valence-corrected chi connectivity index (χ1v) is 12.3. The molecule has 2 amide bonds. The van der Waals surface area contributed by atoms with Crippen molar-refractivity contribution in [3.05, 3.63) is 72.0 Å². The predicted molar refractivity (Wildman–Crippen MR) is 139 cm³/mol. The number of ether oxygens (including phenoxy) is 1. The van der Waals surface area contributed by atoms with E-state index in [2.05, 4.69) is 16.0 Å². The van der Waals surface area contributed by atoms with Crippen LogP contribution in [0.25, 0.3) is 22.5 Å². The van der Waals surface area contributed by atoms with E-state index in [0.29, 0.717) is 24.2 Å². The molecule has 1 aliphatic heterocycles. The van der Waals surface area contributed by atoms with Crippen molar-refractivity contribution in [1.82, 2.24) is 16.0 Å². The van der Waals surface area contributed by atoms with Crippen molar-refractivity contribution in [3.63, 3.8) is 0 Å². The smallest absolute Gasteiger partial charge is 0.251 e. The van der Waals surface area contributed by atoms with E-state index in [0.717, 1.165) is 61.6 Å². The van der Waals surface area contributed by atoms with Gasteiger partial charge in [-0.1, -0.05) is 38.1 Å². The molecule has 4 rings (SSSR count). The van der Waals surface area contributed by atoms with E-state index in [1.54, 1.807) is 18.4 Å². The quantitative estimate of drug-likeness (QED) is 0.444. The summed E-state index contributed by atoms with van der Waals surface area (Å²) in [5, 5.41) is 8.91. The highest BCUT2D eigenvalue weighted by molar-refractivity contribution is 5.96. The molecule has 7 heteroatoms. The topological polar surface area (TPSA) is 92.6 Å². The summed E-state index contributed by atoms with van der Waals surface area (Å²) in [4.78, 5) is 24.2. The summed E-state index contributed by atoms with van der Waals surface area (Å²) < 4.78 is 10.7. The normalized spacial score (nSPS) is 12.9. The zero-order valence-corrected chi connectivity index (χ0v) is 20.6. The third-order valence-electron chi connectivity index (χ3n) is 5.45. The van der Waals surface area contributed by atoms with E-state index < -0.39 is 0 Å². The molecule has 0 radical (unpaired) electrons. The second-order valence-corrected chi connectivity index (χ2v) is 8.19. The summed E-state index contributed by atoms with van der Waals surface area (Å²) in [5.41, 5.74) is 4.05. The average Bonchev–Trinajstić information content (AvgIpc) is 3.42. The lowest BCUT2D eigenvalue weighted by Crippen LogP contribution is -2.30. The summed E-state index contributed by atoms with van der Waals surface area (Å²) in [6, 6.07) is 16.7. The zero-order chi connectivity index (χ0) is 24.9. The summed E-state index contributed by atoms with van der Waals surface area (Å²) >= 11 is 0. The minimum absolute atomic E-state index is 0.0669. The Hall–Kier alpha value is -3.42. The van der Waals surface area contributed by atoms with Gasteiger partial charge in [0, 0.05) is 48.4 Å². The molecule has 0 spiro atoms. The molecule has 0 bridgehead atoms. The van der Waals surface area contributed by atoms with Gasteiger partial charge in [-0.15, -0.1) is 0 Å². The van der Waals surface area contributed by atoms with Crippen molar-refractivity contribution < 1.29 is 18.7 Å². The van der Waals surface area contributed by atoms with E-state index in [1.807, 2.05) is 56.3 Å². The Balaban J connectivity index is 0.000000497. The summed E-state index contributed by atoms with van der Waals surface area (Å²) in [5.74, 6) is 0.589. The van der Waals surface area contributed by atoms with Gasteiger partial charge in [0.15, 0.2) is 0 Å². The van der Waals surface area contributed by atoms with Gasteiger partial charge in [0.05, 0.1) is 19.5 Å². The van der Waals surface area contributed by atoms with Crippen molar-refractivity contribution in [3.8, 4) is 22.5 Å². The van der Waals surface area contributed by atoms with Crippen LogP contribution in [0.2, 0.25) is 0 Å². The van der Waals surface area contributed by atoms with Gasteiger partial charge in [-0.3, -0.25) is 9.59 Å². The second kappa shape index (κ2) is 14.1. The number of hydrogen-bond acceptors (Lipinski definition) is 5. The van der Waals surface area contributed by atoms with Crippen molar-refractivity contribution in [1.29, 1.82) is 0 Å². The van der Waals surface area contributed by atoms with Crippen LogP contribution in [0.4, 0.5) is 0 Å². The molecule has 0 saturated carbocycles. The first-order valence-electron chi connectivity index (χ1n) is 12.3. The molecular formula is C28H35N3O4. The van der Waals surface area contributed by atoms with E-state index in [4.69, 9.17) is 9.15 Å². The third-order valence-corrected chi connectivity index (χ3v) is 5.45. The van der Waals surface area contributed by atoms with Crippen molar-refractivity contribution in [2.75, 3.05) is 39.4 Å². The fraction of sp³-hybridized carbons (Fsp3) is 0.357. The van der Waals surface area contributed by atoms with E-state index in [1.165, 1.54) is 0 Å². The Labute approximate surface area is 207 Å². The molecule has 0 aliphatic carbocycles. The van der Waals surface area contributed by atoms with Gasteiger partial charge in [0.1, 0.15) is 5.76 Å². The number of hydrogen-bond donors (Lipinski definition) is 3. The molecule has 3 N–H and O–H groups in total. The number of amides is 2. The molecule has 3 aromatic rings. The Kier molecular flexibility index (Phi) is 10.5. The van der Waals surface area contributed by atoms with Crippen LogP contribution >= 0.6 is 0 Å². The molecule has 1 fully saturated rings. The summed E-state index contributed by atoms with van der Waals surface area (Å²) in [6.45, 7) is 9.20. The van der Waals surface area contributed by atoms with Crippen molar-refractivity contribution in [2.45, 2.75) is 26.7 Å². The van der Waals surface area contributed by atoms with Gasteiger partial charge < -0.3 is 25.1 Å². The van der Waals surface area contributed by atoms with Crippen molar-refractivity contribution >= 4 is 11.8 Å². The standard InChI is InChI=1S/C24H26N2O3.C4H9NO/c1-3-14-25-23(27)19-9-5-17(6-10-19)21-13-16-29-22(21)18-7-11-20(12-8-18)24(28)26-15-4-2;1-3-6-4-2-5-1/h5-13,16H,3-4,14-15H2,1-2H3,(H,25,27)(H,26,28);5H,1-4H2. The number of benzene rings is 2. The maximum Gasteiger partial charge on any atom is 0.251 e. The van der Waals surface area contributed by atoms with Crippen LogP contribution in [0.3, 0.4) is 0 Å². The lowest BCUT2D eigenvalue weighted by atomic mass is 10.00. The first-order chi connectivity index (χ1) is 17.1. The summed E-state index contributed by atoms with van der Waals surface area (Å²) in [7, 11) is 0. The average molecular weight is 478 g/mol. The minimum atomic E-state index is -0.0741. The van der Waals surface area contributed by atoms with Gasteiger partial charge >= 0.3 is 0 Å². The molecule has 2 aromatic carbocycles. The lowest BCUT2D eigenvalue weighted by Gasteiger charge is -2.10. The molecular weight excluding hydrogens is 442 g/mol. The SMILES string of the molecule is C1COCCN1.CCCNC(=O)c1ccc(-c2ccoc2-c2ccc(C(=O)NCCC)cc2)cc1. The maximum atomic E-state index is 12.1. The molecule has 0 atom stereocenters. The van der Waals surface area contributed by atoms with Crippen LogP contribution in [0.5, 0.6) is 0 Å². The molecule has 35 heavy (non-hydrogen) atoms. The number of furan rings is 1. The van der Waals surface area contributed by atoms with Gasteiger partial charge in [-0.2, -0.15) is 0 Å². The molecule has 7 nitrogen and oxygen atoms in total. The highest BCUT2D eigenvalue weighted by Crippen LogP contribution is 2.33. The molecule has 0 unspecified atom stereocenters. The Bertz CT molecular complexity index is 965. The van der Waals surface area contributed by atoms with Crippen LogP contribution in [0, 0.1) is 0 Å². The number of morpholine rings is 1. The van der Waals surface area contributed by atoms with Crippen LogP contribution in [0.1, 0.15) is 47.4 Å². The van der Waals surface area contributed by atoms with Gasteiger partial charge in [-0.25, -0.2) is 0 Å². The zero-order valence-electron chi connectivity index (χ0n) is 20.6. The minimum Gasteiger partial charge on any atom is -0.464 e. The fourth-order valence-corrected chi connectivity index (χ4v) is 3.53. The Morgan fingerprint density at radius 3 is 1.71 bits per heavy atom. The highest BCUT2D eigenvalue weighted by Gasteiger charge is 2.13. The largest absolute Gasteiger partial charge is 0.464 e. The van der Waals surface area contributed by atoms with Gasteiger partial charge in [0.25, 0.3) is 11.8 Å². The molecule has 1 aromatic heterocycles. The van der Waals surface area contributed by atoms with Crippen molar-refractivity contribution in [2.24, 2.45) is 0 Å². The van der Waals surface area contributed by atoms with Gasteiger partial charge in [-0.05, 0) is 48.7 Å². The van der Waals surface area contributed by atoms with E-state index in [-0.39, 0.29) is 11.8 Å². The maximum absolute atomic E-state index is 12.1. The monoisotopic (exact) mass is 477 g/mol. The van der Waals surface area contributed by atoms with Crippen LogP contribution in [-0.2, 0) is 4.74 Å². The Morgan fingerprint density at radius 2 is 1.29 bits per heavy atom. The van der Waals surface area contributed by atoms with Gasteiger partial charge in [0.2, 0.25) is 0 Å². The lowest BCUT2D eigenvalue weighted by molar-refractivity contribution is 0.0945. The molecule has 1 aliphatic rings. The number of rotatable bonds is 8. The predicted octanol–water partition coefficient (Wildman–Crippen LogP) is 4.50. The third kappa shape index (κ3) is 7.80. The first kappa shape index (κ1) is 26.2. The van der Waals surface area contributed by atoms with Crippen LogP contribution < -0.4 is 16.0 Å². The number of carbonyl (C=O) groups is 2. The fourth-order valence-electron chi connectivity index (χ4n) is 3.53.